The number of hydrogen-bond acceptors (Lipinski definition) is 3. The van der Waals surface area contributed by atoms with Gasteiger partial charge in [0.1, 0.15) is 11.8 Å². The SMILES string of the molecule is COc1cccc(N2C3CC(C3)C2C(=O)O)c1. The van der Waals surface area contributed by atoms with Crippen LogP contribution < -0.4 is 9.64 Å². The molecule has 4 heteroatoms. The van der Waals surface area contributed by atoms with Crippen molar-refractivity contribution in [1.82, 2.24) is 0 Å². The van der Waals surface area contributed by atoms with Gasteiger partial charge < -0.3 is 14.7 Å². The summed E-state index contributed by atoms with van der Waals surface area (Å²) in [5.74, 6) is 0.386. The Kier molecular flexibility index (Phi) is 2.24. The first-order chi connectivity index (χ1) is 8.20. The van der Waals surface area contributed by atoms with Gasteiger partial charge in [0.2, 0.25) is 0 Å². The van der Waals surface area contributed by atoms with Crippen molar-refractivity contribution >= 4 is 11.7 Å². The van der Waals surface area contributed by atoms with Crippen LogP contribution in [-0.2, 0) is 4.79 Å². The van der Waals surface area contributed by atoms with Crippen molar-refractivity contribution in [3.63, 3.8) is 0 Å². The number of hydrogen-bond donors (Lipinski definition) is 1. The number of carboxylic acid groups (broad SMARTS) is 1. The van der Waals surface area contributed by atoms with E-state index in [-0.39, 0.29) is 6.04 Å². The molecule has 1 N–H and O–H groups in total. The molecule has 2 bridgehead atoms. The van der Waals surface area contributed by atoms with Gasteiger partial charge in [-0.1, -0.05) is 6.07 Å². The lowest BCUT2D eigenvalue weighted by Gasteiger charge is -2.27. The predicted molar refractivity (Wildman–Crippen MR) is 63.4 cm³/mol. The fraction of sp³-hybridized carbons (Fsp3) is 0.462. The molecule has 1 aliphatic carbocycles. The maximum Gasteiger partial charge on any atom is 0.326 e. The number of methoxy groups -OCH3 is 1. The van der Waals surface area contributed by atoms with Gasteiger partial charge in [-0.05, 0) is 30.9 Å². The topological polar surface area (TPSA) is 49.8 Å². The average molecular weight is 233 g/mol. The fourth-order valence-corrected chi connectivity index (χ4v) is 3.03. The number of benzene rings is 1. The second kappa shape index (κ2) is 3.65. The Bertz CT molecular complexity index is 454. The molecule has 17 heavy (non-hydrogen) atoms. The molecular weight excluding hydrogens is 218 g/mol. The molecule has 3 fully saturated rings. The highest BCUT2D eigenvalue weighted by Gasteiger charge is 2.53. The highest BCUT2D eigenvalue weighted by molar-refractivity contribution is 5.81. The van der Waals surface area contributed by atoms with E-state index in [0.717, 1.165) is 24.3 Å². The number of nitrogens with zero attached hydrogens (tertiary/aromatic N) is 1. The molecule has 1 aromatic rings. The summed E-state index contributed by atoms with van der Waals surface area (Å²) in [5.41, 5.74) is 0.960. The van der Waals surface area contributed by atoms with Gasteiger partial charge in [-0.2, -0.15) is 0 Å². The number of ether oxygens (including phenoxy) is 1. The molecule has 4 nitrogen and oxygen atoms in total. The van der Waals surface area contributed by atoms with E-state index in [4.69, 9.17) is 4.74 Å². The first-order valence-corrected chi connectivity index (χ1v) is 5.86. The van der Waals surface area contributed by atoms with E-state index < -0.39 is 5.97 Å². The largest absolute Gasteiger partial charge is 0.497 e. The first kappa shape index (κ1) is 10.4. The van der Waals surface area contributed by atoms with Crippen LogP contribution in [0.4, 0.5) is 5.69 Å². The minimum Gasteiger partial charge on any atom is -0.497 e. The van der Waals surface area contributed by atoms with Gasteiger partial charge >= 0.3 is 5.97 Å². The molecule has 0 amide bonds. The smallest absolute Gasteiger partial charge is 0.326 e. The van der Waals surface area contributed by atoms with Gasteiger partial charge in [0.25, 0.3) is 0 Å². The zero-order valence-corrected chi connectivity index (χ0v) is 9.67. The Labute approximate surface area is 99.8 Å². The third kappa shape index (κ3) is 1.47. The summed E-state index contributed by atoms with van der Waals surface area (Å²) in [6.45, 7) is 0. The van der Waals surface area contributed by atoms with Crippen LogP contribution >= 0.6 is 0 Å². The van der Waals surface area contributed by atoms with Crippen LogP contribution in [0.2, 0.25) is 0 Å². The van der Waals surface area contributed by atoms with Gasteiger partial charge in [-0.3, -0.25) is 0 Å². The van der Waals surface area contributed by atoms with E-state index in [1.165, 1.54) is 0 Å². The monoisotopic (exact) mass is 233 g/mol. The Morgan fingerprint density at radius 3 is 2.88 bits per heavy atom. The van der Waals surface area contributed by atoms with E-state index in [2.05, 4.69) is 0 Å². The van der Waals surface area contributed by atoms with Crippen LogP contribution in [0.25, 0.3) is 0 Å². The molecule has 3 aliphatic rings. The first-order valence-electron chi connectivity index (χ1n) is 5.86. The van der Waals surface area contributed by atoms with Crippen LogP contribution in [0.3, 0.4) is 0 Å². The molecule has 2 heterocycles. The van der Waals surface area contributed by atoms with Crippen LogP contribution in [0.1, 0.15) is 12.8 Å². The molecule has 90 valence electrons. The zero-order valence-electron chi connectivity index (χ0n) is 9.67. The lowest BCUT2D eigenvalue weighted by Crippen LogP contribution is -2.36. The van der Waals surface area contributed by atoms with E-state index in [9.17, 15) is 9.90 Å². The Morgan fingerprint density at radius 1 is 1.47 bits per heavy atom. The van der Waals surface area contributed by atoms with Crippen molar-refractivity contribution in [2.24, 2.45) is 5.92 Å². The van der Waals surface area contributed by atoms with Gasteiger partial charge in [0.15, 0.2) is 0 Å². The highest BCUT2D eigenvalue weighted by Crippen LogP contribution is 2.48. The standard InChI is InChI=1S/C13H15NO3/c1-17-11-4-2-3-9(7-11)14-10-5-8(6-10)12(14)13(15)16/h2-4,7-8,10,12H,5-6H2,1H3,(H,15,16). The minimum absolute atomic E-state index is 0.323. The second-order valence-electron chi connectivity index (χ2n) is 4.78. The normalized spacial score (nSPS) is 29.9. The molecule has 1 unspecified atom stereocenters. The summed E-state index contributed by atoms with van der Waals surface area (Å²) >= 11 is 0. The number of rotatable bonds is 3. The molecule has 0 aromatic heterocycles. The summed E-state index contributed by atoms with van der Waals surface area (Å²) < 4.78 is 5.18. The quantitative estimate of drug-likeness (QED) is 0.864. The molecule has 1 saturated carbocycles. The zero-order chi connectivity index (χ0) is 12.0. The summed E-state index contributed by atoms with van der Waals surface area (Å²) in [7, 11) is 1.62. The Morgan fingerprint density at radius 2 is 2.24 bits per heavy atom. The van der Waals surface area contributed by atoms with Crippen LogP contribution in [0.15, 0.2) is 24.3 Å². The van der Waals surface area contributed by atoms with E-state index in [1.807, 2.05) is 29.2 Å². The van der Waals surface area contributed by atoms with Crippen molar-refractivity contribution in [3.05, 3.63) is 24.3 Å². The van der Waals surface area contributed by atoms with E-state index >= 15 is 0 Å². The van der Waals surface area contributed by atoms with Crippen molar-refractivity contribution < 1.29 is 14.6 Å². The third-order valence-corrected chi connectivity index (χ3v) is 3.89. The number of fused-ring (bicyclic) bond motifs is 1. The van der Waals surface area contributed by atoms with Crippen LogP contribution in [0, 0.1) is 5.92 Å². The van der Waals surface area contributed by atoms with Crippen LogP contribution in [-0.4, -0.2) is 30.3 Å². The molecule has 1 aromatic carbocycles. The van der Waals surface area contributed by atoms with Gasteiger partial charge in [-0.15, -0.1) is 0 Å². The number of anilines is 1. The van der Waals surface area contributed by atoms with Gasteiger partial charge in [-0.25, -0.2) is 4.79 Å². The molecule has 0 radical (unpaired) electrons. The maximum absolute atomic E-state index is 11.3. The second-order valence-corrected chi connectivity index (χ2v) is 4.78. The lowest BCUT2D eigenvalue weighted by atomic mass is 9.83. The van der Waals surface area contributed by atoms with Gasteiger partial charge in [0, 0.05) is 17.8 Å². The molecule has 2 aliphatic heterocycles. The summed E-state index contributed by atoms with van der Waals surface area (Å²) in [6, 6.07) is 7.69. The minimum atomic E-state index is -0.710. The number of carboxylic acids is 1. The van der Waals surface area contributed by atoms with Crippen molar-refractivity contribution in [3.8, 4) is 5.75 Å². The summed E-state index contributed by atoms with van der Waals surface area (Å²) in [4.78, 5) is 13.3. The number of carbonyl (C=O) groups is 1. The summed E-state index contributed by atoms with van der Waals surface area (Å²) in [5, 5.41) is 9.30. The highest BCUT2D eigenvalue weighted by atomic mass is 16.5. The molecule has 2 saturated heterocycles. The molecule has 4 rings (SSSR count). The molecule has 1 atom stereocenters. The third-order valence-electron chi connectivity index (χ3n) is 3.89. The molecule has 0 spiro atoms. The Hall–Kier alpha value is -1.71. The van der Waals surface area contributed by atoms with E-state index in [1.54, 1.807) is 7.11 Å². The Balaban J connectivity index is 1.94. The number of aliphatic carboxylic acids is 1. The predicted octanol–water partition coefficient (Wildman–Crippen LogP) is 1.75. The average Bonchev–Trinajstić information content (AvgIpc) is 2.83. The van der Waals surface area contributed by atoms with Crippen molar-refractivity contribution in [2.45, 2.75) is 24.9 Å². The van der Waals surface area contributed by atoms with E-state index in [0.29, 0.717) is 12.0 Å². The van der Waals surface area contributed by atoms with Gasteiger partial charge in [0.05, 0.1) is 7.11 Å². The van der Waals surface area contributed by atoms with Crippen LogP contribution in [0.5, 0.6) is 5.75 Å². The van der Waals surface area contributed by atoms with Crippen molar-refractivity contribution in [2.75, 3.05) is 12.0 Å². The van der Waals surface area contributed by atoms with Crippen molar-refractivity contribution in [1.29, 1.82) is 0 Å². The molecular formula is C13H15NO3. The lowest BCUT2D eigenvalue weighted by molar-refractivity contribution is -0.139. The maximum atomic E-state index is 11.3. The summed E-state index contributed by atoms with van der Waals surface area (Å²) in [6.07, 6.45) is 2.02. The fourth-order valence-electron chi connectivity index (χ4n) is 3.03.